The highest BCUT2D eigenvalue weighted by Gasteiger charge is 2.32. The smallest absolute Gasteiger partial charge is 0.416 e. The fourth-order valence-electron chi connectivity index (χ4n) is 2.56. The summed E-state index contributed by atoms with van der Waals surface area (Å²) in [6.07, 6.45) is -4.76. The van der Waals surface area contributed by atoms with Gasteiger partial charge in [-0.3, -0.25) is 4.90 Å². The van der Waals surface area contributed by atoms with Crippen molar-refractivity contribution < 1.29 is 22.3 Å². The third kappa shape index (κ3) is 3.89. The highest BCUT2D eigenvalue weighted by molar-refractivity contribution is 5.27. The second-order valence-corrected chi connectivity index (χ2v) is 5.43. The Bertz CT molecular complexity index is 672. The number of rotatable bonds is 3. The molecule has 124 valence electrons. The van der Waals surface area contributed by atoms with E-state index in [1.165, 1.54) is 6.07 Å². The zero-order chi connectivity index (χ0) is 16.4. The molecule has 1 aliphatic rings. The molecule has 2 aromatic rings. The Hall–Kier alpha value is -1.93. The number of benzene rings is 1. The predicted molar refractivity (Wildman–Crippen MR) is 74.4 cm³/mol. The molecule has 1 atom stereocenters. The molecule has 1 fully saturated rings. The third-order valence-electron chi connectivity index (χ3n) is 3.66. The van der Waals surface area contributed by atoms with Crippen LogP contribution in [0.3, 0.4) is 0 Å². The van der Waals surface area contributed by atoms with Gasteiger partial charge in [-0.2, -0.15) is 13.2 Å². The van der Waals surface area contributed by atoms with Crippen LogP contribution in [0.15, 0.2) is 28.7 Å². The molecular weight excluding hydrogens is 311 g/mol. The number of morpholine rings is 1. The van der Waals surface area contributed by atoms with Crippen molar-refractivity contribution in [3.63, 3.8) is 0 Å². The number of nitrogens with zero attached hydrogens (tertiary/aromatic N) is 3. The zero-order valence-electron chi connectivity index (χ0n) is 12.5. The van der Waals surface area contributed by atoms with E-state index in [0.717, 1.165) is 12.1 Å². The Labute approximate surface area is 131 Å². The molecule has 0 aliphatic carbocycles. The van der Waals surface area contributed by atoms with Gasteiger partial charge in [0.2, 0.25) is 11.8 Å². The molecule has 2 heterocycles. The Morgan fingerprint density at radius 1 is 1.30 bits per heavy atom. The van der Waals surface area contributed by atoms with Gasteiger partial charge in [0.25, 0.3) is 0 Å². The minimum atomic E-state index is -4.36. The molecular formula is C15H16F3N3O2. The van der Waals surface area contributed by atoms with E-state index in [1.807, 2.05) is 4.90 Å². The first kappa shape index (κ1) is 15.9. The molecule has 8 heteroatoms. The molecule has 0 spiro atoms. The summed E-state index contributed by atoms with van der Waals surface area (Å²) >= 11 is 0. The molecule has 5 nitrogen and oxygen atoms in total. The topological polar surface area (TPSA) is 51.4 Å². The van der Waals surface area contributed by atoms with E-state index in [1.54, 1.807) is 13.0 Å². The van der Waals surface area contributed by atoms with E-state index in [-0.39, 0.29) is 0 Å². The van der Waals surface area contributed by atoms with Gasteiger partial charge in [-0.1, -0.05) is 12.1 Å². The molecule has 23 heavy (non-hydrogen) atoms. The summed E-state index contributed by atoms with van der Waals surface area (Å²) in [5.74, 6) is 0.981. The summed E-state index contributed by atoms with van der Waals surface area (Å²) in [4.78, 5) is 2.03. The second kappa shape index (κ2) is 6.29. The van der Waals surface area contributed by atoms with Crippen LogP contribution < -0.4 is 0 Å². The summed E-state index contributed by atoms with van der Waals surface area (Å²) in [6, 6.07) is 5.26. The van der Waals surface area contributed by atoms with E-state index in [2.05, 4.69) is 10.2 Å². The lowest BCUT2D eigenvalue weighted by atomic mass is 10.0. The maximum atomic E-state index is 12.8. The van der Waals surface area contributed by atoms with Crippen LogP contribution in [0.1, 0.15) is 29.0 Å². The standard InChI is InChI=1S/C15H16F3N3O2/c1-10-19-20-14(23-10)9-21-5-6-22-13(8-21)11-3-2-4-12(7-11)15(16,17)18/h2-4,7,13H,5-6,8-9H2,1H3/t13-/m1/s1. The van der Waals surface area contributed by atoms with Crippen LogP contribution in [-0.2, 0) is 17.5 Å². The van der Waals surface area contributed by atoms with Crippen molar-refractivity contribution in [1.29, 1.82) is 0 Å². The van der Waals surface area contributed by atoms with Crippen LogP contribution in [0.4, 0.5) is 13.2 Å². The van der Waals surface area contributed by atoms with E-state index in [4.69, 9.17) is 9.15 Å². The number of alkyl halides is 3. The molecule has 1 saturated heterocycles. The highest BCUT2D eigenvalue weighted by Crippen LogP contribution is 2.32. The van der Waals surface area contributed by atoms with Crippen LogP contribution >= 0.6 is 0 Å². The summed E-state index contributed by atoms with van der Waals surface area (Å²) in [5, 5.41) is 7.70. The lowest BCUT2D eigenvalue weighted by Gasteiger charge is -2.32. The fraction of sp³-hybridized carbons (Fsp3) is 0.467. The van der Waals surface area contributed by atoms with Crippen molar-refractivity contribution in [3.8, 4) is 0 Å². The van der Waals surface area contributed by atoms with E-state index >= 15 is 0 Å². The first-order valence-electron chi connectivity index (χ1n) is 7.22. The minimum absolute atomic E-state index is 0.407. The minimum Gasteiger partial charge on any atom is -0.424 e. The summed E-state index contributed by atoms with van der Waals surface area (Å²) in [6.45, 7) is 3.74. The number of aryl methyl sites for hydroxylation is 1. The van der Waals surface area contributed by atoms with Crippen LogP contribution in [0, 0.1) is 6.92 Å². The summed E-state index contributed by atoms with van der Waals surface area (Å²) < 4.78 is 49.4. The van der Waals surface area contributed by atoms with E-state index in [0.29, 0.717) is 43.6 Å². The van der Waals surface area contributed by atoms with Crippen LogP contribution in [0.2, 0.25) is 0 Å². The Morgan fingerprint density at radius 3 is 2.83 bits per heavy atom. The first-order valence-corrected chi connectivity index (χ1v) is 7.22. The quantitative estimate of drug-likeness (QED) is 0.867. The summed E-state index contributed by atoms with van der Waals surface area (Å²) in [5.41, 5.74) is -0.144. The fourth-order valence-corrected chi connectivity index (χ4v) is 2.56. The van der Waals surface area contributed by atoms with Crippen molar-refractivity contribution in [2.24, 2.45) is 0 Å². The average molecular weight is 327 g/mol. The Balaban J connectivity index is 1.71. The molecule has 3 rings (SSSR count). The predicted octanol–water partition coefficient (Wildman–Crippen LogP) is 2.97. The van der Waals surface area contributed by atoms with Gasteiger partial charge in [0, 0.05) is 20.0 Å². The van der Waals surface area contributed by atoms with Crippen molar-refractivity contribution in [2.75, 3.05) is 19.7 Å². The van der Waals surface area contributed by atoms with Crippen molar-refractivity contribution >= 4 is 0 Å². The zero-order valence-corrected chi connectivity index (χ0v) is 12.5. The van der Waals surface area contributed by atoms with Crippen LogP contribution in [-0.4, -0.2) is 34.8 Å². The van der Waals surface area contributed by atoms with Gasteiger partial charge >= 0.3 is 6.18 Å². The van der Waals surface area contributed by atoms with Crippen LogP contribution in [0.5, 0.6) is 0 Å². The lowest BCUT2D eigenvalue weighted by Crippen LogP contribution is -2.38. The van der Waals surface area contributed by atoms with Gasteiger partial charge in [0.15, 0.2) is 0 Å². The van der Waals surface area contributed by atoms with Gasteiger partial charge in [-0.25, -0.2) is 0 Å². The van der Waals surface area contributed by atoms with E-state index < -0.39 is 17.8 Å². The maximum Gasteiger partial charge on any atom is 0.416 e. The molecule has 0 saturated carbocycles. The van der Waals surface area contributed by atoms with Crippen molar-refractivity contribution in [1.82, 2.24) is 15.1 Å². The van der Waals surface area contributed by atoms with Gasteiger partial charge in [0.1, 0.15) is 0 Å². The third-order valence-corrected chi connectivity index (χ3v) is 3.66. The molecule has 1 aromatic heterocycles. The molecule has 0 unspecified atom stereocenters. The Morgan fingerprint density at radius 2 is 2.13 bits per heavy atom. The monoisotopic (exact) mass is 327 g/mol. The van der Waals surface area contributed by atoms with Gasteiger partial charge in [-0.15, -0.1) is 10.2 Å². The van der Waals surface area contributed by atoms with Gasteiger partial charge in [0.05, 0.1) is 24.8 Å². The van der Waals surface area contributed by atoms with E-state index in [9.17, 15) is 13.2 Å². The van der Waals surface area contributed by atoms with Crippen LogP contribution in [0.25, 0.3) is 0 Å². The molecule has 0 amide bonds. The largest absolute Gasteiger partial charge is 0.424 e. The molecule has 0 radical (unpaired) electrons. The normalized spacial score (nSPS) is 19.9. The second-order valence-electron chi connectivity index (χ2n) is 5.43. The number of halogens is 3. The molecule has 0 bridgehead atoms. The number of aromatic nitrogens is 2. The highest BCUT2D eigenvalue weighted by atomic mass is 19.4. The number of hydrogen-bond acceptors (Lipinski definition) is 5. The van der Waals surface area contributed by atoms with Gasteiger partial charge in [-0.05, 0) is 17.7 Å². The Kier molecular flexibility index (Phi) is 4.36. The first-order chi connectivity index (χ1) is 10.9. The summed E-state index contributed by atoms with van der Waals surface area (Å²) in [7, 11) is 0. The molecule has 0 N–H and O–H groups in total. The SMILES string of the molecule is Cc1nnc(CN2CCO[C@@H](c3cccc(C(F)(F)F)c3)C2)o1. The molecule has 1 aliphatic heterocycles. The van der Waals surface area contributed by atoms with Crippen molar-refractivity contribution in [3.05, 3.63) is 47.2 Å². The van der Waals surface area contributed by atoms with Gasteiger partial charge < -0.3 is 9.15 Å². The van der Waals surface area contributed by atoms with Crippen molar-refractivity contribution in [2.45, 2.75) is 25.7 Å². The lowest BCUT2D eigenvalue weighted by molar-refractivity contribution is -0.137. The maximum absolute atomic E-state index is 12.8. The number of ether oxygens (including phenoxy) is 1. The number of hydrogen-bond donors (Lipinski definition) is 0. The average Bonchev–Trinajstić information content (AvgIpc) is 2.92. The molecule has 1 aromatic carbocycles.